The lowest BCUT2D eigenvalue weighted by atomic mass is 10.1. The maximum absolute atomic E-state index is 13.2. The maximum Gasteiger partial charge on any atom is 0.126 e. The highest BCUT2D eigenvalue weighted by atomic mass is 19.1. The first-order valence-electron chi connectivity index (χ1n) is 5.89. The van der Waals surface area contributed by atoms with Gasteiger partial charge in [0.05, 0.1) is 6.10 Å². The SMILES string of the molecule is Cc1ccc(CNOC2CCCC2)cc1F. The molecule has 2 rings (SSSR count). The Labute approximate surface area is 95.8 Å². The molecule has 0 spiro atoms. The predicted octanol–water partition coefficient (Wildman–Crippen LogP) is 3.10. The molecular weight excluding hydrogens is 205 g/mol. The van der Waals surface area contributed by atoms with E-state index in [0.717, 1.165) is 18.4 Å². The second-order valence-corrected chi connectivity index (χ2v) is 4.43. The molecule has 2 nitrogen and oxygen atoms in total. The topological polar surface area (TPSA) is 21.3 Å². The van der Waals surface area contributed by atoms with Gasteiger partial charge in [-0.2, -0.15) is 5.48 Å². The van der Waals surface area contributed by atoms with Crippen LogP contribution in [0.2, 0.25) is 0 Å². The normalized spacial score (nSPS) is 16.9. The monoisotopic (exact) mass is 223 g/mol. The van der Waals surface area contributed by atoms with Crippen LogP contribution < -0.4 is 5.48 Å². The Morgan fingerprint density at radius 3 is 2.81 bits per heavy atom. The Balaban J connectivity index is 1.78. The zero-order valence-corrected chi connectivity index (χ0v) is 9.63. The number of hydrogen-bond donors (Lipinski definition) is 1. The molecule has 1 aromatic rings. The number of aryl methyl sites for hydroxylation is 1. The fourth-order valence-electron chi connectivity index (χ4n) is 2.00. The predicted molar refractivity (Wildman–Crippen MR) is 61.3 cm³/mol. The summed E-state index contributed by atoms with van der Waals surface area (Å²) >= 11 is 0. The lowest BCUT2D eigenvalue weighted by Gasteiger charge is -2.11. The van der Waals surface area contributed by atoms with E-state index in [9.17, 15) is 4.39 Å². The van der Waals surface area contributed by atoms with Crippen LogP contribution >= 0.6 is 0 Å². The molecule has 1 aliphatic carbocycles. The summed E-state index contributed by atoms with van der Waals surface area (Å²) in [5.74, 6) is -0.153. The first-order chi connectivity index (χ1) is 7.75. The van der Waals surface area contributed by atoms with Gasteiger partial charge in [-0.05, 0) is 37.0 Å². The van der Waals surface area contributed by atoms with Crippen LogP contribution in [0.25, 0.3) is 0 Å². The van der Waals surface area contributed by atoms with E-state index < -0.39 is 0 Å². The van der Waals surface area contributed by atoms with Gasteiger partial charge in [0.1, 0.15) is 5.82 Å². The highest BCUT2D eigenvalue weighted by Gasteiger charge is 2.15. The first kappa shape index (κ1) is 11.6. The summed E-state index contributed by atoms with van der Waals surface area (Å²) in [6, 6.07) is 5.27. The summed E-state index contributed by atoms with van der Waals surface area (Å²) in [7, 11) is 0. The Bertz CT molecular complexity index is 348. The second-order valence-electron chi connectivity index (χ2n) is 4.43. The van der Waals surface area contributed by atoms with Crippen molar-refractivity contribution in [2.45, 2.75) is 45.3 Å². The Hall–Kier alpha value is -0.930. The molecule has 1 saturated carbocycles. The third-order valence-corrected chi connectivity index (χ3v) is 3.06. The van der Waals surface area contributed by atoms with Crippen LogP contribution in [0, 0.1) is 12.7 Å². The molecule has 0 aromatic heterocycles. The standard InChI is InChI=1S/C13H18FNO/c1-10-6-7-11(8-13(10)14)9-15-16-12-4-2-3-5-12/h6-8,12,15H,2-5,9H2,1H3. The summed E-state index contributed by atoms with van der Waals surface area (Å²) in [5.41, 5.74) is 4.52. The molecule has 1 aliphatic rings. The van der Waals surface area contributed by atoms with Crippen molar-refractivity contribution in [3.8, 4) is 0 Å². The maximum atomic E-state index is 13.2. The van der Waals surface area contributed by atoms with Crippen molar-refractivity contribution in [1.29, 1.82) is 0 Å². The third kappa shape index (κ3) is 3.03. The highest BCUT2D eigenvalue weighted by Crippen LogP contribution is 2.20. The third-order valence-electron chi connectivity index (χ3n) is 3.06. The minimum absolute atomic E-state index is 0.153. The van der Waals surface area contributed by atoms with E-state index in [4.69, 9.17) is 4.84 Å². The van der Waals surface area contributed by atoms with Crippen LogP contribution in [-0.2, 0) is 11.4 Å². The summed E-state index contributed by atoms with van der Waals surface area (Å²) in [4.78, 5) is 5.50. The number of hydroxylamine groups is 1. The molecule has 1 N–H and O–H groups in total. The number of nitrogens with one attached hydrogen (secondary N) is 1. The van der Waals surface area contributed by atoms with Crippen molar-refractivity contribution >= 4 is 0 Å². The fraction of sp³-hybridized carbons (Fsp3) is 0.538. The largest absolute Gasteiger partial charge is 0.298 e. The van der Waals surface area contributed by atoms with E-state index >= 15 is 0 Å². The molecule has 3 heteroatoms. The average Bonchev–Trinajstić information content (AvgIpc) is 2.76. The minimum atomic E-state index is -0.153. The van der Waals surface area contributed by atoms with E-state index in [-0.39, 0.29) is 5.82 Å². The van der Waals surface area contributed by atoms with E-state index in [1.54, 1.807) is 19.1 Å². The van der Waals surface area contributed by atoms with Gasteiger partial charge in [-0.1, -0.05) is 25.0 Å². The van der Waals surface area contributed by atoms with Crippen LogP contribution in [0.5, 0.6) is 0 Å². The molecule has 0 bridgehead atoms. The van der Waals surface area contributed by atoms with Crippen LogP contribution in [0.3, 0.4) is 0 Å². The van der Waals surface area contributed by atoms with Crippen molar-refractivity contribution in [2.24, 2.45) is 0 Å². The molecule has 1 fully saturated rings. The van der Waals surface area contributed by atoms with Gasteiger partial charge in [-0.15, -0.1) is 0 Å². The zero-order valence-electron chi connectivity index (χ0n) is 9.63. The van der Waals surface area contributed by atoms with Crippen molar-refractivity contribution in [2.75, 3.05) is 0 Å². The van der Waals surface area contributed by atoms with Crippen molar-refractivity contribution in [3.63, 3.8) is 0 Å². The first-order valence-corrected chi connectivity index (χ1v) is 5.89. The molecular formula is C13H18FNO. The average molecular weight is 223 g/mol. The van der Waals surface area contributed by atoms with Crippen LogP contribution in [0.1, 0.15) is 36.8 Å². The van der Waals surface area contributed by atoms with Gasteiger partial charge in [-0.25, -0.2) is 4.39 Å². The van der Waals surface area contributed by atoms with Gasteiger partial charge in [0.2, 0.25) is 0 Å². The summed E-state index contributed by atoms with van der Waals surface area (Å²) in [6.45, 7) is 2.33. The molecule has 0 saturated heterocycles. The van der Waals surface area contributed by atoms with Gasteiger partial charge in [0.15, 0.2) is 0 Å². The van der Waals surface area contributed by atoms with Crippen LogP contribution in [-0.4, -0.2) is 6.10 Å². The minimum Gasteiger partial charge on any atom is -0.298 e. The van der Waals surface area contributed by atoms with Crippen LogP contribution in [0.4, 0.5) is 4.39 Å². The fourth-order valence-corrected chi connectivity index (χ4v) is 2.00. The summed E-state index contributed by atoms with van der Waals surface area (Å²) in [6.07, 6.45) is 5.12. The Morgan fingerprint density at radius 2 is 2.12 bits per heavy atom. The number of benzene rings is 1. The molecule has 0 atom stereocenters. The second kappa shape index (κ2) is 5.41. The highest BCUT2D eigenvalue weighted by molar-refractivity contribution is 5.22. The van der Waals surface area contributed by atoms with Gasteiger partial charge in [0.25, 0.3) is 0 Å². The van der Waals surface area contributed by atoms with Gasteiger partial charge in [-0.3, -0.25) is 4.84 Å². The van der Waals surface area contributed by atoms with E-state index in [2.05, 4.69) is 5.48 Å². The molecule has 0 amide bonds. The summed E-state index contributed by atoms with van der Waals surface area (Å²) in [5, 5.41) is 0. The van der Waals surface area contributed by atoms with E-state index in [1.165, 1.54) is 12.8 Å². The van der Waals surface area contributed by atoms with Gasteiger partial charge in [0, 0.05) is 6.54 Å². The van der Waals surface area contributed by atoms with Gasteiger partial charge < -0.3 is 0 Å². The summed E-state index contributed by atoms with van der Waals surface area (Å²) < 4.78 is 13.2. The molecule has 0 aliphatic heterocycles. The van der Waals surface area contributed by atoms with Crippen molar-refractivity contribution < 1.29 is 9.23 Å². The zero-order chi connectivity index (χ0) is 11.4. The lowest BCUT2D eigenvalue weighted by Crippen LogP contribution is -2.21. The van der Waals surface area contributed by atoms with Gasteiger partial charge >= 0.3 is 0 Å². The Kier molecular flexibility index (Phi) is 3.91. The molecule has 1 aromatic carbocycles. The van der Waals surface area contributed by atoms with Crippen LogP contribution in [0.15, 0.2) is 18.2 Å². The Morgan fingerprint density at radius 1 is 1.38 bits per heavy atom. The smallest absolute Gasteiger partial charge is 0.126 e. The molecule has 88 valence electrons. The molecule has 0 heterocycles. The quantitative estimate of drug-likeness (QED) is 0.792. The number of hydrogen-bond acceptors (Lipinski definition) is 2. The lowest BCUT2D eigenvalue weighted by molar-refractivity contribution is -0.0244. The molecule has 0 radical (unpaired) electrons. The van der Waals surface area contributed by atoms with E-state index in [1.807, 2.05) is 6.07 Å². The van der Waals surface area contributed by atoms with Crippen molar-refractivity contribution in [3.05, 3.63) is 35.1 Å². The number of halogens is 1. The van der Waals surface area contributed by atoms with Crippen molar-refractivity contribution in [1.82, 2.24) is 5.48 Å². The van der Waals surface area contributed by atoms with E-state index in [0.29, 0.717) is 18.2 Å². The number of rotatable bonds is 4. The molecule has 0 unspecified atom stereocenters. The molecule has 16 heavy (non-hydrogen) atoms.